The van der Waals surface area contributed by atoms with Gasteiger partial charge in [-0.05, 0) is 12.1 Å². The SMILES string of the molecule is C=CCC1(O)c2ccccc2Oc2ccccc21. The molecule has 2 aromatic carbocycles. The van der Waals surface area contributed by atoms with Crippen LogP contribution in [0.5, 0.6) is 11.5 Å². The third-order valence-electron chi connectivity index (χ3n) is 3.32. The largest absolute Gasteiger partial charge is 0.457 e. The first-order chi connectivity index (χ1) is 8.75. The maximum Gasteiger partial charge on any atom is 0.133 e. The molecule has 2 nitrogen and oxygen atoms in total. The first-order valence-electron chi connectivity index (χ1n) is 5.96. The molecule has 0 atom stereocenters. The fourth-order valence-electron chi connectivity index (χ4n) is 2.49. The molecule has 0 aliphatic carbocycles. The van der Waals surface area contributed by atoms with E-state index in [1.165, 1.54) is 0 Å². The predicted octanol–water partition coefficient (Wildman–Crippen LogP) is 3.60. The molecule has 1 aliphatic heterocycles. The highest BCUT2D eigenvalue weighted by atomic mass is 16.5. The lowest BCUT2D eigenvalue weighted by atomic mass is 9.81. The summed E-state index contributed by atoms with van der Waals surface area (Å²) in [6.07, 6.45) is 2.20. The van der Waals surface area contributed by atoms with Crippen LogP contribution in [0.2, 0.25) is 0 Å². The molecule has 18 heavy (non-hydrogen) atoms. The number of hydrogen-bond acceptors (Lipinski definition) is 2. The van der Waals surface area contributed by atoms with Crippen LogP contribution < -0.4 is 4.74 Å². The van der Waals surface area contributed by atoms with Gasteiger partial charge in [0.25, 0.3) is 0 Å². The number of fused-ring (bicyclic) bond motifs is 2. The molecule has 0 aromatic heterocycles. The molecule has 0 fully saturated rings. The van der Waals surface area contributed by atoms with Gasteiger partial charge in [0.1, 0.15) is 17.1 Å². The van der Waals surface area contributed by atoms with Gasteiger partial charge in [0, 0.05) is 17.5 Å². The van der Waals surface area contributed by atoms with Crippen molar-refractivity contribution in [2.45, 2.75) is 12.0 Å². The quantitative estimate of drug-likeness (QED) is 0.810. The van der Waals surface area contributed by atoms with Crippen molar-refractivity contribution < 1.29 is 9.84 Å². The first kappa shape index (κ1) is 11.1. The van der Waals surface area contributed by atoms with E-state index in [0.717, 1.165) is 11.1 Å². The number of benzene rings is 2. The van der Waals surface area contributed by atoms with Crippen molar-refractivity contribution in [2.75, 3.05) is 0 Å². The van der Waals surface area contributed by atoms with Crippen LogP contribution in [-0.2, 0) is 5.60 Å². The van der Waals surface area contributed by atoms with Gasteiger partial charge in [-0.15, -0.1) is 6.58 Å². The van der Waals surface area contributed by atoms with E-state index < -0.39 is 5.60 Å². The number of aliphatic hydroxyl groups is 1. The third kappa shape index (κ3) is 1.46. The van der Waals surface area contributed by atoms with Gasteiger partial charge in [-0.2, -0.15) is 0 Å². The maximum atomic E-state index is 11.0. The van der Waals surface area contributed by atoms with Gasteiger partial charge < -0.3 is 9.84 Å². The van der Waals surface area contributed by atoms with Crippen LogP contribution in [0.4, 0.5) is 0 Å². The summed E-state index contributed by atoms with van der Waals surface area (Å²) in [5.41, 5.74) is 0.542. The molecule has 3 rings (SSSR count). The average Bonchev–Trinajstić information content (AvgIpc) is 2.40. The maximum absolute atomic E-state index is 11.0. The molecule has 0 saturated heterocycles. The van der Waals surface area contributed by atoms with Gasteiger partial charge in [0.15, 0.2) is 0 Å². The molecule has 2 heteroatoms. The average molecular weight is 238 g/mol. The van der Waals surface area contributed by atoms with Crippen molar-refractivity contribution in [1.29, 1.82) is 0 Å². The molecule has 0 spiro atoms. The Kier molecular flexibility index (Phi) is 2.46. The summed E-state index contributed by atoms with van der Waals surface area (Å²) in [7, 11) is 0. The van der Waals surface area contributed by atoms with Gasteiger partial charge in [0.05, 0.1) is 0 Å². The standard InChI is InChI=1S/C16H14O2/c1-2-11-16(17)12-7-3-5-9-14(12)18-15-10-6-4-8-13(15)16/h2-10,17H,1,11H2. The summed E-state index contributed by atoms with van der Waals surface area (Å²) in [4.78, 5) is 0. The molecule has 0 unspecified atom stereocenters. The van der Waals surface area contributed by atoms with Crippen LogP contribution in [-0.4, -0.2) is 5.11 Å². The van der Waals surface area contributed by atoms with Crippen LogP contribution >= 0.6 is 0 Å². The zero-order chi connectivity index (χ0) is 12.6. The minimum Gasteiger partial charge on any atom is -0.457 e. The van der Waals surface area contributed by atoms with Crippen LogP contribution in [0.15, 0.2) is 61.2 Å². The number of rotatable bonds is 2. The molecule has 0 bridgehead atoms. The molecule has 1 aliphatic rings. The Morgan fingerprint density at radius 3 is 2.00 bits per heavy atom. The van der Waals surface area contributed by atoms with Gasteiger partial charge in [-0.3, -0.25) is 0 Å². The topological polar surface area (TPSA) is 29.5 Å². The summed E-state index contributed by atoms with van der Waals surface area (Å²) in [6, 6.07) is 15.2. The lowest BCUT2D eigenvalue weighted by Gasteiger charge is -2.35. The second-order valence-electron chi connectivity index (χ2n) is 4.45. The highest BCUT2D eigenvalue weighted by Crippen LogP contribution is 2.48. The first-order valence-corrected chi connectivity index (χ1v) is 5.96. The summed E-state index contributed by atoms with van der Waals surface area (Å²) >= 11 is 0. The minimum atomic E-state index is -1.05. The molecule has 2 aromatic rings. The zero-order valence-electron chi connectivity index (χ0n) is 9.97. The second-order valence-corrected chi connectivity index (χ2v) is 4.45. The van der Waals surface area contributed by atoms with Crippen LogP contribution in [0.25, 0.3) is 0 Å². The Balaban J connectivity index is 2.27. The van der Waals surface area contributed by atoms with Gasteiger partial charge >= 0.3 is 0 Å². The van der Waals surface area contributed by atoms with E-state index in [2.05, 4.69) is 6.58 Å². The van der Waals surface area contributed by atoms with Crippen molar-refractivity contribution in [3.63, 3.8) is 0 Å². The Morgan fingerprint density at radius 1 is 1.00 bits per heavy atom. The molecule has 0 amide bonds. The van der Waals surface area contributed by atoms with E-state index in [-0.39, 0.29) is 0 Å². The number of para-hydroxylation sites is 2. The monoisotopic (exact) mass is 238 g/mol. The van der Waals surface area contributed by atoms with Crippen molar-refractivity contribution in [2.24, 2.45) is 0 Å². The molecule has 1 N–H and O–H groups in total. The highest BCUT2D eigenvalue weighted by Gasteiger charge is 2.38. The molecular formula is C16H14O2. The normalized spacial score (nSPS) is 15.2. The molecule has 90 valence electrons. The molecule has 0 saturated carbocycles. The van der Waals surface area contributed by atoms with Crippen molar-refractivity contribution in [3.8, 4) is 11.5 Å². The van der Waals surface area contributed by atoms with Crippen LogP contribution in [0.1, 0.15) is 17.5 Å². The Morgan fingerprint density at radius 2 is 1.50 bits per heavy atom. The summed E-state index contributed by atoms with van der Waals surface area (Å²) in [6.45, 7) is 3.75. The fourth-order valence-corrected chi connectivity index (χ4v) is 2.49. The van der Waals surface area contributed by atoms with E-state index in [9.17, 15) is 5.11 Å². The van der Waals surface area contributed by atoms with E-state index in [1.54, 1.807) is 6.08 Å². The fraction of sp³-hybridized carbons (Fsp3) is 0.125. The van der Waals surface area contributed by atoms with Gasteiger partial charge in [-0.25, -0.2) is 0 Å². The Labute approximate surface area is 106 Å². The minimum absolute atomic E-state index is 0.463. The zero-order valence-corrected chi connectivity index (χ0v) is 9.97. The lowest BCUT2D eigenvalue weighted by molar-refractivity contribution is 0.0728. The Hall–Kier alpha value is -2.06. The summed E-state index contributed by atoms with van der Waals surface area (Å²) in [5.74, 6) is 1.42. The van der Waals surface area contributed by atoms with Crippen molar-refractivity contribution in [1.82, 2.24) is 0 Å². The van der Waals surface area contributed by atoms with Gasteiger partial charge in [0.2, 0.25) is 0 Å². The van der Waals surface area contributed by atoms with E-state index in [0.29, 0.717) is 17.9 Å². The van der Waals surface area contributed by atoms with Crippen LogP contribution in [0, 0.1) is 0 Å². The van der Waals surface area contributed by atoms with Gasteiger partial charge in [-0.1, -0.05) is 42.5 Å². The molecule has 0 radical (unpaired) electrons. The predicted molar refractivity (Wildman–Crippen MR) is 70.8 cm³/mol. The highest BCUT2D eigenvalue weighted by molar-refractivity contribution is 5.55. The van der Waals surface area contributed by atoms with Crippen molar-refractivity contribution >= 4 is 0 Å². The van der Waals surface area contributed by atoms with E-state index in [1.807, 2.05) is 48.5 Å². The smallest absolute Gasteiger partial charge is 0.133 e. The summed E-state index contributed by atoms with van der Waals surface area (Å²) in [5, 5.41) is 11.0. The molecule has 1 heterocycles. The van der Waals surface area contributed by atoms with Crippen LogP contribution in [0.3, 0.4) is 0 Å². The Bertz CT molecular complexity index is 556. The van der Waals surface area contributed by atoms with Crippen molar-refractivity contribution in [3.05, 3.63) is 72.3 Å². The van der Waals surface area contributed by atoms with E-state index >= 15 is 0 Å². The second kappa shape index (κ2) is 4.00. The number of hydrogen-bond donors (Lipinski definition) is 1. The number of ether oxygens (including phenoxy) is 1. The molecular weight excluding hydrogens is 224 g/mol. The summed E-state index contributed by atoms with van der Waals surface area (Å²) < 4.78 is 5.82. The lowest BCUT2D eigenvalue weighted by Crippen LogP contribution is -2.30. The van der Waals surface area contributed by atoms with E-state index in [4.69, 9.17) is 4.74 Å². The third-order valence-corrected chi connectivity index (χ3v) is 3.32.